The lowest BCUT2D eigenvalue weighted by molar-refractivity contribution is 0.468. The molecule has 0 saturated heterocycles. The predicted octanol–water partition coefficient (Wildman–Crippen LogP) is 1.50. The van der Waals surface area contributed by atoms with E-state index in [2.05, 4.69) is 0 Å². The fourth-order valence-corrected chi connectivity index (χ4v) is 2.00. The van der Waals surface area contributed by atoms with Crippen molar-refractivity contribution < 1.29 is 23.2 Å². The molecular formula is C10H8O5S. The van der Waals surface area contributed by atoms with Gasteiger partial charge in [-0.2, -0.15) is 8.42 Å². The maximum absolute atomic E-state index is 10.9. The van der Waals surface area contributed by atoms with E-state index in [-0.39, 0.29) is 16.9 Å². The zero-order valence-corrected chi connectivity index (χ0v) is 8.77. The molecule has 0 aliphatic carbocycles. The normalized spacial score (nSPS) is 11.8. The van der Waals surface area contributed by atoms with Crippen LogP contribution in [0.2, 0.25) is 0 Å². The fourth-order valence-electron chi connectivity index (χ4n) is 1.47. The molecule has 2 rings (SSSR count). The van der Waals surface area contributed by atoms with Crippen LogP contribution in [0.25, 0.3) is 10.8 Å². The summed E-state index contributed by atoms with van der Waals surface area (Å²) in [6.07, 6.45) is 0. The second-order valence-corrected chi connectivity index (χ2v) is 4.71. The Morgan fingerprint density at radius 2 is 1.62 bits per heavy atom. The molecule has 0 amide bonds. The predicted molar refractivity (Wildman–Crippen MR) is 57.1 cm³/mol. The Bertz CT molecular complexity index is 660. The second kappa shape index (κ2) is 3.36. The molecule has 0 aromatic heterocycles. The molecule has 5 nitrogen and oxygen atoms in total. The number of fused-ring (bicyclic) bond motifs is 1. The molecule has 16 heavy (non-hydrogen) atoms. The second-order valence-electron chi connectivity index (χ2n) is 3.29. The molecule has 0 aliphatic heterocycles. The molecule has 0 unspecified atom stereocenters. The smallest absolute Gasteiger partial charge is 0.294 e. The first-order valence-corrected chi connectivity index (χ1v) is 5.76. The van der Waals surface area contributed by atoms with Gasteiger partial charge in [-0.1, -0.05) is 12.1 Å². The highest BCUT2D eigenvalue weighted by Gasteiger charge is 2.14. The van der Waals surface area contributed by atoms with E-state index in [9.17, 15) is 18.6 Å². The van der Waals surface area contributed by atoms with Crippen molar-refractivity contribution in [1.82, 2.24) is 0 Å². The lowest BCUT2D eigenvalue weighted by Crippen LogP contribution is -1.97. The van der Waals surface area contributed by atoms with Gasteiger partial charge in [0.15, 0.2) is 0 Å². The van der Waals surface area contributed by atoms with Crippen LogP contribution in [0.5, 0.6) is 11.5 Å². The average Bonchev–Trinajstić information content (AvgIpc) is 2.18. The topological polar surface area (TPSA) is 94.8 Å². The zero-order valence-electron chi connectivity index (χ0n) is 7.95. The third-order valence-electron chi connectivity index (χ3n) is 2.22. The van der Waals surface area contributed by atoms with Gasteiger partial charge in [0.05, 0.1) is 4.90 Å². The molecule has 84 valence electrons. The van der Waals surface area contributed by atoms with Gasteiger partial charge in [0.2, 0.25) is 0 Å². The van der Waals surface area contributed by atoms with Crippen LogP contribution in [0.4, 0.5) is 0 Å². The summed E-state index contributed by atoms with van der Waals surface area (Å²) in [6, 6.07) is 6.43. The number of hydrogen-bond donors (Lipinski definition) is 3. The monoisotopic (exact) mass is 240 g/mol. The summed E-state index contributed by atoms with van der Waals surface area (Å²) in [5.41, 5.74) is 0. The van der Waals surface area contributed by atoms with Gasteiger partial charge < -0.3 is 10.2 Å². The molecule has 0 heterocycles. The van der Waals surface area contributed by atoms with Crippen LogP contribution in [-0.4, -0.2) is 23.2 Å². The molecule has 6 heteroatoms. The summed E-state index contributed by atoms with van der Waals surface area (Å²) in [7, 11) is -4.40. The standard InChI is InChI=1S/C10H8O5S/c11-9-3-1-2-7-8(9)4-6(5-10(7)12)16(13,14)15/h1-5,11-12H,(H,13,14,15). The summed E-state index contributed by atoms with van der Waals surface area (Å²) in [6.45, 7) is 0. The molecule has 0 fully saturated rings. The Hall–Kier alpha value is -1.79. The molecular weight excluding hydrogens is 232 g/mol. The first-order valence-electron chi connectivity index (χ1n) is 4.32. The van der Waals surface area contributed by atoms with E-state index in [1.54, 1.807) is 0 Å². The number of phenolic OH excluding ortho intramolecular Hbond substituents is 2. The van der Waals surface area contributed by atoms with Crippen molar-refractivity contribution in [3.05, 3.63) is 30.3 Å². The molecule has 3 N–H and O–H groups in total. The molecule has 0 saturated carbocycles. The molecule has 0 spiro atoms. The van der Waals surface area contributed by atoms with Gasteiger partial charge in [-0.05, 0) is 12.1 Å². The minimum Gasteiger partial charge on any atom is -0.507 e. The quantitative estimate of drug-likeness (QED) is 0.656. The van der Waals surface area contributed by atoms with Crippen LogP contribution in [0.3, 0.4) is 0 Å². The zero-order chi connectivity index (χ0) is 11.9. The average molecular weight is 240 g/mol. The number of hydrogen-bond acceptors (Lipinski definition) is 4. The van der Waals surface area contributed by atoms with Crippen LogP contribution >= 0.6 is 0 Å². The highest BCUT2D eigenvalue weighted by atomic mass is 32.2. The Kier molecular flexibility index (Phi) is 2.25. The number of rotatable bonds is 1. The minimum absolute atomic E-state index is 0.162. The first-order chi connectivity index (χ1) is 7.39. The fraction of sp³-hybridized carbons (Fsp3) is 0. The van der Waals surface area contributed by atoms with Crippen molar-refractivity contribution >= 4 is 20.9 Å². The molecule has 0 bridgehead atoms. The Balaban J connectivity index is 2.91. The SMILES string of the molecule is O=S(=O)(O)c1cc(O)c2cccc(O)c2c1. The van der Waals surface area contributed by atoms with Crippen molar-refractivity contribution in [1.29, 1.82) is 0 Å². The molecule has 2 aromatic carbocycles. The third kappa shape index (κ3) is 1.68. The molecule has 0 atom stereocenters. The Morgan fingerprint density at radius 3 is 2.25 bits per heavy atom. The maximum Gasteiger partial charge on any atom is 0.294 e. The van der Waals surface area contributed by atoms with Gasteiger partial charge in [0.1, 0.15) is 11.5 Å². The van der Waals surface area contributed by atoms with Gasteiger partial charge in [-0.15, -0.1) is 0 Å². The van der Waals surface area contributed by atoms with Crippen molar-refractivity contribution in [2.24, 2.45) is 0 Å². The van der Waals surface area contributed by atoms with Gasteiger partial charge in [-0.3, -0.25) is 4.55 Å². The third-order valence-corrected chi connectivity index (χ3v) is 3.05. The molecule has 2 aromatic rings. The van der Waals surface area contributed by atoms with Crippen molar-refractivity contribution in [2.75, 3.05) is 0 Å². The highest BCUT2D eigenvalue weighted by molar-refractivity contribution is 7.85. The van der Waals surface area contributed by atoms with E-state index in [0.717, 1.165) is 12.1 Å². The lowest BCUT2D eigenvalue weighted by atomic mass is 10.1. The first kappa shape index (κ1) is 10.7. The van der Waals surface area contributed by atoms with Gasteiger partial charge >= 0.3 is 0 Å². The number of benzene rings is 2. The summed E-state index contributed by atoms with van der Waals surface area (Å²) < 4.78 is 30.6. The highest BCUT2D eigenvalue weighted by Crippen LogP contribution is 2.33. The van der Waals surface area contributed by atoms with Crippen molar-refractivity contribution in [2.45, 2.75) is 4.90 Å². The van der Waals surface area contributed by atoms with Gasteiger partial charge in [0.25, 0.3) is 10.1 Å². The van der Waals surface area contributed by atoms with Crippen LogP contribution in [0.1, 0.15) is 0 Å². The van der Waals surface area contributed by atoms with Crippen molar-refractivity contribution in [3.63, 3.8) is 0 Å². The van der Waals surface area contributed by atoms with Gasteiger partial charge in [0, 0.05) is 16.8 Å². The van der Waals surface area contributed by atoms with E-state index in [4.69, 9.17) is 4.55 Å². The van der Waals surface area contributed by atoms with E-state index in [1.807, 2.05) is 0 Å². The van der Waals surface area contributed by atoms with Crippen LogP contribution in [0.15, 0.2) is 35.2 Å². The van der Waals surface area contributed by atoms with Crippen LogP contribution < -0.4 is 0 Å². The Morgan fingerprint density at radius 1 is 0.938 bits per heavy atom. The van der Waals surface area contributed by atoms with E-state index < -0.39 is 15.0 Å². The molecule has 0 aliphatic rings. The van der Waals surface area contributed by atoms with Gasteiger partial charge in [-0.25, -0.2) is 0 Å². The van der Waals surface area contributed by atoms with E-state index >= 15 is 0 Å². The number of aromatic hydroxyl groups is 2. The van der Waals surface area contributed by atoms with E-state index in [1.165, 1.54) is 18.2 Å². The Labute approximate surface area is 91.3 Å². The van der Waals surface area contributed by atoms with Crippen molar-refractivity contribution in [3.8, 4) is 11.5 Å². The van der Waals surface area contributed by atoms with E-state index in [0.29, 0.717) is 5.39 Å². The van der Waals surface area contributed by atoms with Crippen LogP contribution in [-0.2, 0) is 10.1 Å². The summed E-state index contributed by atoms with van der Waals surface area (Å²) in [5.74, 6) is -0.487. The summed E-state index contributed by atoms with van der Waals surface area (Å²) >= 11 is 0. The largest absolute Gasteiger partial charge is 0.507 e. The number of phenols is 2. The minimum atomic E-state index is -4.40. The van der Waals surface area contributed by atoms with Crippen LogP contribution in [0, 0.1) is 0 Å². The summed E-state index contributed by atoms with van der Waals surface area (Å²) in [5, 5.41) is 19.5. The maximum atomic E-state index is 10.9. The lowest BCUT2D eigenvalue weighted by Gasteiger charge is -2.05. The molecule has 0 radical (unpaired) electrons. The summed E-state index contributed by atoms with van der Waals surface area (Å²) in [4.78, 5) is -0.459.